The van der Waals surface area contributed by atoms with E-state index in [4.69, 9.17) is 4.74 Å². The summed E-state index contributed by atoms with van der Waals surface area (Å²) in [6, 6.07) is 15.9. The van der Waals surface area contributed by atoms with E-state index in [0.717, 1.165) is 24.0 Å². The molecule has 2 fully saturated rings. The van der Waals surface area contributed by atoms with Crippen molar-refractivity contribution in [3.8, 4) is 11.1 Å². The maximum atomic E-state index is 12.8. The topological polar surface area (TPSA) is 105 Å². The average Bonchev–Trinajstić information content (AvgIpc) is 3.04. The first-order valence-corrected chi connectivity index (χ1v) is 10.7. The van der Waals surface area contributed by atoms with Gasteiger partial charge in [-0.15, -0.1) is 0 Å². The second-order valence-electron chi connectivity index (χ2n) is 8.39. The zero-order valence-electron chi connectivity index (χ0n) is 17.8. The Morgan fingerprint density at radius 2 is 1.66 bits per heavy atom. The van der Waals surface area contributed by atoms with Crippen LogP contribution in [0.2, 0.25) is 0 Å². The highest BCUT2D eigenvalue weighted by Gasteiger charge is 2.52. The first kappa shape index (κ1) is 21.5. The number of benzene rings is 2. The van der Waals surface area contributed by atoms with Gasteiger partial charge in [0.05, 0.1) is 5.56 Å². The van der Waals surface area contributed by atoms with Crippen molar-refractivity contribution in [2.45, 2.75) is 38.1 Å². The molecule has 1 saturated heterocycles. The highest BCUT2D eigenvalue weighted by atomic mass is 16.5. The lowest BCUT2D eigenvalue weighted by atomic mass is 9.77. The van der Waals surface area contributed by atoms with Crippen LogP contribution in [0.5, 0.6) is 0 Å². The predicted molar refractivity (Wildman–Crippen MR) is 116 cm³/mol. The minimum absolute atomic E-state index is 0.294. The summed E-state index contributed by atoms with van der Waals surface area (Å²) in [7, 11) is 0. The van der Waals surface area contributed by atoms with Crippen molar-refractivity contribution in [3.05, 3.63) is 60.2 Å². The van der Waals surface area contributed by atoms with Gasteiger partial charge in [-0.1, -0.05) is 49.4 Å². The Morgan fingerprint density at radius 1 is 1.03 bits per heavy atom. The van der Waals surface area contributed by atoms with Gasteiger partial charge in [0, 0.05) is 0 Å². The summed E-state index contributed by atoms with van der Waals surface area (Å²) in [6.45, 7) is 1.50. The number of nitrogens with zero attached hydrogens (tertiary/aromatic N) is 1. The van der Waals surface area contributed by atoms with Crippen molar-refractivity contribution in [1.29, 1.82) is 0 Å². The monoisotopic (exact) mass is 435 g/mol. The molecule has 4 rings (SSSR count). The fraction of sp³-hybridized carbons (Fsp3) is 0.333. The van der Waals surface area contributed by atoms with Crippen LogP contribution in [-0.2, 0) is 14.3 Å². The molecule has 2 aromatic rings. The summed E-state index contributed by atoms with van der Waals surface area (Å²) < 4.78 is 5.05. The van der Waals surface area contributed by atoms with Crippen LogP contribution in [0, 0.1) is 5.92 Å². The van der Waals surface area contributed by atoms with E-state index in [1.54, 1.807) is 24.3 Å². The Balaban J connectivity index is 1.30. The number of carbonyl (C=O) groups is 4. The SMILES string of the molecule is CC1CCC2(CC1)NC(=O)N(NC(=O)COC(=O)c1ccc(-c3ccccc3)cc1)C2=O. The number of hydrogen-bond acceptors (Lipinski definition) is 5. The van der Waals surface area contributed by atoms with Gasteiger partial charge in [0.15, 0.2) is 6.61 Å². The first-order chi connectivity index (χ1) is 15.4. The molecule has 1 aliphatic carbocycles. The third-order valence-electron chi connectivity index (χ3n) is 6.09. The molecule has 8 heteroatoms. The first-order valence-electron chi connectivity index (χ1n) is 10.7. The smallest absolute Gasteiger partial charge is 0.344 e. The lowest BCUT2D eigenvalue weighted by Gasteiger charge is -2.33. The summed E-state index contributed by atoms with van der Waals surface area (Å²) >= 11 is 0. The fourth-order valence-electron chi connectivity index (χ4n) is 4.12. The van der Waals surface area contributed by atoms with E-state index in [2.05, 4.69) is 17.7 Å². The van der Waals surface area contributed by atoms with Crippen molar-refractivity contribution in [2.75, 3.05) is 6.61 Å². The lowest BCUT2D eigenvalue weighted by molar-refractivity contribution is -0.141. The van der Waals surface area contributed by atoms with Crippen molar-refractivity contribution < 1.29 is 23.9 Å². The average molecular weight is 435 g/mol. The number of hydrogen-bond donors (Lipinski definition) is 2. The Hall–Kier alpha value is -3.68. The van der Waals surface area contributed by atoms with Crippen molar-refractivity contribution in [1.82, 2.24) is 15.8 Å². The number of carbonyl (C=O) groups excluding carboxylic acids is 4. The van der Waals surface area contributed by atoms with Crippen LogP contribution in [-0.4, -0.2) is 41.0 Å². The zero-order chi connectivity index (χ0) is 22.7. The van der Waals surface area contributed by atoms with Gasteiger partial charge in [-0.3, -0.25) is 15.0 Å². The molecule has 166 valence electrons. The molecule has 1 spiro atoms. The molecule has 0 unspecified atom stereocenters. The molecule has 0 radical (unpaired) electrons. The van der Waals surface area contributed by atoms with E-state index in [-0.39, 0.29) is 0 Å². The number of urea groups is 1. The van der Waals surface area contributed by atoms with Crippen LogP contribution in [0.3, 0.4) is 0 Å². The van der Waals surface area contributed by atoms with Crippen LogP contribution < -0.4 is 10.7 Å². The summed E-state index contributed by atoms with van der Waals surface area (Å²) in [4.78, 5) is 49.5. The van der Waals surface area contributed by atoms with E-state index < -0.39 is 36.0 Å². The van der Waals surface area contributed by atoms with E-state index in [1.165, 1.54) is 0 Å². The number of hydrazine groups is 1. The Bertz CT molecular complexity index is 1030. The quantitative estimate of drug-likeness (QED) is 0.555. The summed E-state index contributed by atoms with van der Waals surface area (Å²) in [5.41, 5.74) is 3.57. The molecule has 1 saturated carbocycles. The highest BCUT2D eigenvalue weighted by molar-refractivity contribution is 6.08. The lowest BCUT2D eigenvalue weighted by Crippen LogP contribution is -2.52. The van der Waals surface area contributed by atoms with Gasteiger partial charge >= 0.3 is 12.0 Å². The largest absolute Gasteiger partial charge is 0.452 e. The van der Waals surface area contributed by atoms with Crippen LogP contribution in [0.15, 0.2) is 54.6 Å². The maximum Gasteiger partial charge on any atom is 0.344 e. The van der Waals surface area contributed by atoms with Crippen molar-refractivity contribution >= 4 is 23.8 Å². The van der Waals surface area contributed by atoms with Gasteiger partial charge in [0.25, 0.3) is 11.8 Å². The van der Waals surface area contributed by atoms with E-state index in [9.17, 15) is 19.2 Å². The number of imide groups is 1. The number of esters is 1. The van der Waals surface area contributed by atoms with Gasteiger partial charge in [0.1, 0.15) is 5.54 Å². The van der Waals surface area contributed by atoms with Gasteiger partial charge in [0.2, 0.25) is 0 Å². The number of ether oxygens (including phenoxy) is 1. The number of amides is 4. The molecule has 0 aromatic heterocycles. The van der Waals surface area contributed by atoms with Gasteiger partial charge in [-0.2, -0.15) is 5.01 Å². The number of nitrogens with one attached hydrogen (secondary N) is 2. The van der Waals surface area contributed by atoms with Crippen LogP contribution in [0.1, 0.15) is 43.0 Å². The molecule has 2 N–H and O–H groups in total. The minimum Gasteiger partial charge on any atom is -0.452 e. The molecule has 8 nitrogen and oxygen atoms in total. The van der Waals surface area contributed by atoms with Gasteiger partial charge in [-0.25, -0.2) is 9.59 Å². The Kier molecular flexibility index (Phi) is 5.94. The van der Waals surface area contributed by atoms with Crippen molar-refractivity contribution in [3.63, 3.8) is 0 Å². The second kappa shape index (κ2) is 8.82. The predicted octanol–water partition coefficient (Wildman–Crippen LogP) is 3.04. The fourth-order valence-corrected chi connectivity index (χ4v) is 4.12. The summed E-state index contributed by atoms with van der Waals surface area (Å²) in [6.07, 6.45) is 2.74. The standard InChI is InChI=1S/C24H25N3O5/c1-16-11-13-24(14-12-16)22(30)27(23(31)25-24)26-20(28)15-32-21(29)19-9-7-18(8-10-19)17-5-3-2-4-6-17/h2-10,16H,11-15H2,1H3,(H,25,31)(H,26,28). The van der Waals surface area contributed by atoms with Crippen molar-refractivity contribution in [2.24, 2.45) is 5.92 Å². The molecule has 2 aromatic carbocycles. The van der Waals surface area contributed by atoms with E-state index >= 15 is 0 Å². The van der Waals surface area contributed by atoms with Gasteiger partial charge in [-0.05, 0) is 54.9 Å². The minimum atomic E-state index is -0.950. The molecule has 2 aliphatic rings. The molecular weight excluding hydrogens is 410 g/mol. The van der Waals surface area contributed by atoms with Crippen LogP contribution >= 0.6 is 0 Å². The third-order valence-corrected chi connectivity index (χ3v) is 6.09. The summed E-state index contributed by atoms with van der Waals surface area (Å²) in [5, 5.41) is 3.41. The molecule has 32 heavy (non-hydrogen) atoms. The van der Waals surface area contributed by atoms with Crippen LogP contribution in [0.25, 0.3) is 11.1 Å². The Labute approximate surface area is 185 Å². The molecule has 1 heterocycles. The zero-order valence-corrected chi connectivity index (χ0v) is 17.8. The van der Waals surface area contributed by atoms with E-state index in [0.29, 0.717) is 29.3 Å². The van der Waals surface area contributed by atoms with Gasteiger partial charge < -0.3 is 10.1 Å². The molecule has 0 atom stereocenters. The third kappa shape index (κ3) is 4.34. The number of rotatable bonds is 5. The summed E-state index contributed by atoms with van der Waals surface area (Å²) in [5.74, 6) is -1.40. The van der Waals surface area contributed by atoms with Crippen LogP contribution in [0.4, 0.5) is 4.79 Å². The Morgan fingerprint density at radius 3 is 2.31 bits per heavy atom. The molecule has 4 amide bonds. The second-order valence-corrected chi connectivity index (χ2v) is 8.39. The maximum absolute atomic E-state index is 12.8. The highest BCUT2D eigenvalue weighted by Crippen LogP contribution is 2.35. The molecular formula is C24H25N3O5. The molecule has 0 bridgehead atoms. The van der Waals surface area contributed by atoms with E-state index in [1.807, 2.05) is 30.3 Å². The molecule has 1 aliphatic heterocycles. The normalized spacial score (nSPS) is 22.5.